The highest BCUT2D eigenvalue weighted by atomic mass is 32.1. The van der Waals surface area contributed by atoms with Crippen molar-refractivity contribution in [2.24, 2.45) is 0 Å². The quantitative estimate of drug-likeness (QED) is 0.778. The van der Waals surface area contributed by atoms with Crippen molar-refractivity contribution in [2.75, 3.05) is 0 Å². The highest BCUT2D eigenvalue weighted by Gasteiger charge is 2.16. The fraction of sp³-hybridized carbons (Fsp3) is 0.133. The van der Waals surface area contributed by atoms with Gasteiger partial charge in [0.05, 0.1) is 23.1 Å². The molecule has 0 spiro atoms. The minimum absolute atomic E-state index is 0.0805. The van der Waals surface area contributed by atoms with E-state index in [9.17, 15) is 4.79 Å². The van der Waals surface area contributed by atoms with Crippen LogP contribution in [0.25, 0.3) is 10.8 Å². The number of nitrogens with one attached hydrogen (secondary N) is 1. The summed E-state index contributed by atoms with van der Waals surface area (Å²) in [6.07, 6.45) is 1.55. The zero-order chi connectivity index (χ0) is 15.4. The molecule has 0 saturated heterocycles. The van der Waals surface area contributed by atoms with E-state index in [0.717, 1.165) is 10.4 Å². The predicted octanol–water partition coefficient (Wildman–Crippen LogP) is 3.39. The van der Waals surface area contributed by atoms with Gasteiger partial charge in [0.1, 0.15) is 12.3 Å². The van der Waals surface area contributed by atoms with Crippen LogP contribution in [-0.4, -0.2) is 10.9 Å². The van der Waals surface area contributed by atoms with Crippen LogP contribution in [0.2, 0.25) is 0 Å². The molecule has 22 heavy (non-hydrogen) atoms. The molecule has 3 aromatic heterocycles. The van der Waals surface area contributed by atoms with E-state index in [1.165, 1.54) is 28.9 Å². The van der Waals surface area contributed by atoms with E-state index in [1.807, 2.05) is 34.3 Å². The number of hydrogen-bond donors (Lipinski definition) is 1. The summed E-state index contributed by atoms with van der Waals surface area (Å²) in [6, 6.07) is 7.08. The van der Waals surface area contributed by atoms with E-state index in [2.05, 4.69) is 16.4 Å². The Morgan fingerprint density at radius 3 is 3.05 bits per heavy atom. The van der Waals surface area contributed by atoms with E-state index in [4.69, 9.17) is 9.68 Å². The van der Waals surface area contributed by atoms with Gasteiger partial charge in [0.25, 0.3) is 0 Å². The third kappa shape index (κ3) is 3.24. The van der Waals surface area contributed by atoms with Crippen LogP contribution in [0.4, 0.5) is 0 Å². The topological polar surface area (TPSA) is 78.9 Å². The average molecular weight is 329 g/mol. The number of carbonyl (C=O) groups excluding carboxylic acids is 1. The number of oxazole rings is 1. The van der Waals surface area contributed by atoms with Crippen LogP contribution in [0.15, 0.2) is 45.0 Å². The molecule has 0 saturated carbocycles. The summed E-state index contributed by atoms with van der Waals surface area (Å²) in [5.41, 5.74) is 1.34. The van der Waals surface area contributed by atoms with Crippen LogP contribution >= 0.6 is 22.7 Å². The molecule has 0 radical (unpaired) electrons. The van der Waals surface area contributed by atoms with E-state index in [-0.39, 0.29) is 12.3 Å². The third-order valence-corrected chi connectivity index (χ3v) is 4.50. The van der Waals surface area contributed by atoms with Crippen molar-refractivity contribution >= 4 is 28.6 Å². The van der Waals surface area contributed by atoms with Crippen molar-refractivity contribution < 1.29 is 9.21 Å². The number of nitriles is 1. The standard InChI is InChI=1S/C15H11N3O2S2/c16-7-12(10-3-5-21-9-10)18-14(19)6-11-8-20-15(17-11)13-2-1-4-22-13/h1-5,8-9,12H,6H2,(H,18,19)/t12-/m1/s1. The highest BCUT2D eigenvalue weighted by Crippen LogP contribution is 2.23. The van der Waals surface area contributed by atoms with Crippen LogP contribution in [0.5, 0.6) is 0 Å². The van der Waals surface area contributed by atoms with E-state index < -0.39 is 6.04 Å². The van der Waals surface area contributed by atoms with E-state index in [1.54, 1.807) is 0 Å². The second-order valence-corrected chi connectivity index (χ2v) is 6.21. The molecule has 1 amide bonds. The summed E-state index contributed by atoms with van der Waals surface area (Å²) in [4.78, 5) is 17.2. The van der Waals surface area contributed by atoms with Crippen LogP contribution in [0.3, 0.4) is 0 Å². The van der Waals surface area contributed by atoms with Crippen molar-refractivity contribution in [2.45, 2.75) is 12.5 Å². The molecule has 0 aliphatic rings. The zero-order valence-electron chi connectivity index (χ0n) is 11.4. The van der Waals surface area contributed by atoms with Gasteiger partial charge in [0.15, 0.2) is 0 Å². The molecule has 0 fully saturated rings. The van der Waals surface area contributed by atoms with Crippen LogP contribution < -0.4 is 5.32 Å². The second kappa shape index (κ2) is 6.56. The van der Waals surface area contributed by atoms with Gasteiger partial charge in [-0.05, 0) is 33.8 Å². The molecule has 0 aliphatic heterocycles. The molecule has 3 aromatic rings. The molecule has 0 unspecified atom stereocenters. The number of amides is 1. The Balaban J connectivity index is 1.64. The average Bonchev–Trinajstić information content (AvgIpc) is 3.24. The Labute approximate surface area is 134 Å². The lowest BCUT2D eigenvalue weighted by Crippen LogP contribution is -2.28. The zero-order valence-corrected chi connectivity index (χ0v) is 13.0. The summed E-state index contributed by atoms with van der Waals surface area (Å²) in [7, 11) is 0. The monoisotopic (exact) mass is 329 g/mol. The first-order valence-electron chi connectivity index (χ1n) is 6.45. The van der Waals surface area contributed by atoms with Crippen LogP contribution in [0.1, 0.15) is 17.3 Å². The second-order valence-electron chi connectivity index (χ2n) is 4.48. The molecule has 110 valence electrons. The molecule has 1 N–H and O–H groups in total. The smallest absolute Gasteiger partial charge is 0.236 e. The molecular weight excluding hydrogens is 318 g/mol. The minimum atomic E-state index is -0.637. The molecular formula is C15H11N3O2S2. The number of rotatable bonds is 5. The van der Waals surface area contributed by atoms with Gasteiger partial charge in [0, 0.05) is 0 Å². The molecule has 7 heteroatoms. The maximum atomic E-state index is 12.0. The maximum Gasteiger partial charge on any atom is 0.236 e. The van der Waals surface area contributed by atoms with Crippen LogP contribution in [-0.2, 0) is 11.2 Å². The molecule has 3 heterocycles. The van der Waals surface area contributed by atoms with Gasteiger partial charge < -0.3 is 9.73 Å². The van der Waals surface area contributed by atoms with Crippen molar-refractivity contribution in [3.05, 3.63) is 51.9 Å². The number of carbonyl (C=O) groups is 1. The predicted molar refractivity (Wildman–Crippen MR) is 84.3 cm³/mol. The Hall–Kier alpha value is -2.43. The molecule has 0 bridgehead atoms. The van der Waals surface area contributed by atoms with Gasteiger partial charge in [-0.15, -0.1) is 11.3 Å². The Morgan fingerprint density at radius 2 is 2.36 bits per heavy atom. The number of hydrogen-bond acceptors (Lipinski definition) is 6. The van der Waals surface area contributed by atoms with Crippen molar-refractivity contribution in [3.8, 4) is 16.8 Å². The molecule has 0 aliphatic carbocycles. The maximum absolute atomic E-state index is 12.0. The lowest BCUT2D eigenvalue weighted by Gasteiger charge is -2.09. The van der Waals surface area contributed by atoms with E-state index in [0.29, 0.717) is 11.6 Å². The minimum Gasteiger partial charge on any atom is -0.444 e. The van der Waals surface area contributed by atoms with Gasteiger partial charge in [-0.1, -0.05) is 6.07 Å². The Morgan fingerprint density at radius 1 is 1.45 bits per heavy atom. The fourth-order valence-electron chi connectivity index (χ4n) is 1.91. The van der Waals surface area contributed by atoms with Gasteiger partial charge >= 0.3 is 0 Å². The number of aromatic nitrogens is 1. The third-order valence-electron chi connectivity index (χ3n) is 2.94. The first-order valence-corrected chi connectivity index (χ1v) is 8.28. The first kappa shape index (κ1) is 14.5. The summed E-state index contributed by atoms with van der Waals surface area (Å²) in [6.45, 7) is 0. The lowest BCUT2D eigenvalue weighted by atomic mass is 10.1. The molecule has 5 nitrogen and oxygen atoms in total. The summed E-state index contributed by atoms with van der Waals surface area (Å²) in [5, 5.41) is 17.5. The van der Waals surface area contributed by atoms with Crippen molar-refractivity contribution in [1.82, 2.24) is 10.3 Å². The highest BCUT2D eigenvalue weighted by molar-refractivity contribution is 7.13. The van der Waals surface area contributed by atoms with Gasteiger partial charge in [0.2, 0.25) is 11.8 Å². The number of nitrogens with zero attached hydrogens (tertiary/aromatic N) is 2. The fourth-order valence-corrected chi connectivity index (χ4v) is 3.25. The van der Waals surface area contributed by atoms with Gasteiger partial charge in [-0.25, -0.2) is 4.98 Å². The molecule has 1 atom stereocenters. The first-order chi connectivity index (χ1) is 10.8. The summed E-state index contributed by atoms with van der Waals surface area (Å²) in [5.74, 6) is 0.247. The Bertz CT molecular complexity index is 785. The lowest BCUT2D eigenvalue weighted by molar-refractivity contribution is -0.120. The number of thiophene rings is 2. The van der Waals surface area contributed by atoms with Gasteiger partial charge in [-0.3, -0.25) is 4.79 Å². The SMILES string of the molecule is N#C[C@@H](NC(=O)Cc1coc(-c2cccs2)n1)c1ccsc1. The largest absolute Gasteiger partial charge is 0.444 e. The Kier molecular flexibility index (Phi) is 4.32. The summed E-state index contributed by atoms with van der Waals surface area (Å²) < 4.78 is 5.37. The summed E-state index contributed by atoms with van der Waals surface area (Å²) >= 11 is 3.01. The van der Waals surface area contributed by atoms with Crippen molar-refractivity contribution in [3.63, 3.8) is 0 Å². The normalized spacial score (nSPS) is 11.8. The van der Waals surface area contributed by atoms with Gasteiger partial charge in [-0.2, -0.15) is 16.6 Å². The van der Waals surface area contributed by atoms with Crippen LogP contribution in [0, 0.1) is 11.3 Å². The molecule has 0 aromatic carbocycles. The molecule has 3 rings (SSSR count). The van der Waals surface area contributed by atoms with E-state index >= 15 is 0 Å². The van der Waals surface area contributed by atoms with Crippen molar-refractivity contribution in [1.29, 1.82) is 5.26 Å².